The Balaban J connectivity index is 0.00000320. The van der Waals surface area contributed by atoms with Gasteiger partial charge in [0.1, 0.15) is 5.82 Å². The van der Waals surface area contributed by atoms with Crippen LogP contribution in [0.3, 0.4) is 0 Å². The van der Waals surface area contributed by atoms with Gasteiger partial charge in [0.05, 0.1) is 18.4 Å². The molecule has 7 heteroatoms. The summed E-state index contributed by atoms with van der Waals surface area (Å²) in [5.41, 5.74) is 2.20. The number of nitrogens with zero attached hydrogens (tertiary/aromatic N) is 4. The number of piperidine rings is 1. The van der Waals surface area contributed by atoms with Crippen LogP contribution in [0.4, 0.5) is 0 Å². The zero-order valence-corrected chi connectivity index (χ0v) is 20.9. The first-order chi connectivity index (χ1) is 14.2. The Bertz CT molecular complexity index is 760. The maximum atomic E-state index is 4.53. The van der Waals surface area contributed by atoms with Crippen molar-refractivity contribution in [3.8, 4) is 11.3 Å². The van der Waals surface area contributed by atoms with E-state index in [1.165, 1.54) is 38.8 Å². The molecule has 30 heavy (non-hydrogen) atoms. The monoisotopic (exact) mass is 524 g/mol. The van der Waals surface area contributed by atoms with Gasteiger partial charge in [0.25, 0.3) is 0 Å². The lowest BCUT2D eigenvalue weighted by atomic mass is 10.0. The number of imidazole rings is 1. The number of unbranched alkanes of at least 4 members (excludes halogenated alkanes) is 1. The van der Waals surface area contributed by atoms with Crippen molar-refractivity contribution in [3.05, 3.63) is 42.4 Å². The number of benzene rings is 1. The van der Waals surface area contributed by atoms with E-state index in [4.69, 9.17) is 0 Å². The summed E-state index contributed by atoms with van der Waals surface area (Å²) in [6.45, 7) is 6.50. The van der Waals surface area contributed by atoms with E-state index >= 15 is 0 Å². The van der Waals surface area contributed by atoms with E-state index in [9.17, 15) is 0 Å². The fourth-order valence-corrected chi connectivity index (χ4v) is 4.02. The van der Waals surface area contributed by atoms with Crippen molar-refractivity contribution < 1.29 is 0 Å². The van der Waals surface area contributed by atoms with Crippen LogP contribution in [-0.4, -0.2) is 65.5 Å². The standard InChI is InChI=1S/C23H36N6.HI/c1-19-11-7-9-15-29(19)16-10-8-14-25-23(24-2)28(3)18-22-26-17-21(27-22)20-12-5-4-6-13-20;/h4-6,12-13,17,19H,7-11,14-16,18H2,1-3H3,(H,24,25)(H,26,27);1H. The molecule has 3 rings (SSSR count). The van der Waals surface area contributed by atoms with Crippen LogP contribution in [0.5, 0.6) is 0 Å². The molecule has 0 aliphatic carbocycles. The van der Waals surface area contributed by atoms with Gasteiger partial charge in [-0.3, -0.25) is 4.99 Å². The third kappa shape index (κ3) is 7.27. The fourth-order valence-electron chi connectivity index (χ4n) is 4.02. The number of aliphatic imine (C=N–C) groups is 1. The number of nitrogens with one attached hydrogen (secondary N) is 2. The molecule has 2 heterocycles. The number of halogens is 1. The van der Waals surface area contributed by atoms with Gasteiger partial charge in [-0.1, -0.05) is 36.8 Å². The van der Waals surface area contributed by atoms with Gasteiger partial charge in [-0.25, -0.2) is 4.98 Å². The van der Waals surface area contributed by atoms with Crippen LogP contribution in [0, 0.1) is 0 Å². The number of rotatable bonds is 8. The summed E-state index contributed by atoms with van der Waals surface area (Å²) in [6, 6.07) is 11.0. The summed E-state index contributed by atoms with van der Waals surface area (Å²) in [7, 11) is 3.89. The Hall–Kier alpha value is -1.61. The maximum Gasteiger partial charge on any atom is 0.193 e. The molecule has 1 saturated heterocycles. The van der Waals surface area contributed by atoms with Gasteiger partial charge < -0.3 is 20.1 Å². The summed E-state index contributed by atoms with van der Waals surface area (Å²) in [5.74, 6) is 1.85. The molecule has 0 saturated carbocycles. The average Bonchev–Trinajstić information content (AvgIpc) is 3.21. The first-order valence-electron chi connectivity index (χ1n) is 10.9. The molecule has 1 aliphatic heterocycles. The summed E-state index contributed by atoms with van der Waals surface area (Å²) in [5, 5.41) is 3.49. The number of hydrogen-bond donors (Lipinski definition) is 2. The highest BCUT2D eigenvalue weighted by Crippen LogP contribution is 2.17. The molecule has 1 atom stereocenters. The number of aromatic nitrogens is 2. The summed E-state index contributed by atoms with van der Waals surface area (Å²) < 4.78 is 0. The van der Waals surface area contributed by atoms with Crippen LogP contribution < -0.4 is 5.32 Å². The first kappa shape index (κ1) is 24.7. The van der Waals surface area contributed by atoms with Crippen molar-refractivity contribution in [1.29, 1.82) is 0 Å². The van der Waals surface area contributed by atoms with Gasteiger partial charge in [-0.15, -0.1) is 24.0 Å². The molecule has 0 radical (unpaired) electrons. The second-order valence-corrected chi connectivity index (χ2v) is 8.03. The van der Waals surface area contributed by atoms with E-state index in [0.29, 0.717) is 6.54 Å². The predicted molar refractivity (Wildman–Crippen MR) is 136 cm³/mol. The van der Waals surface area contributed by atoms with Crippen molar-refractivity contribution in [2.45, 2.75) is 51.6 Å². The molecule has 1 fully saturated rings. The zero-order chi connectivity index (χ0) is 20.5. The third-order valence-corrected chi connectivity index (χ3v) is 5.77. The summed E-state index contributed by atoms with van der Waals surface area (Å²) in [6.07, 6.45) is 8.40. The van der Waals surface area contributed by atoms with E-state index in [-0.39, 0.29) is 24.0 Å². The molecule has 2 N–H and O–H groups in total. The number of hydrogen-bond acceptors (Lipinski definition) is 3. The second kappa shape index (κ2) is 12.9. The minimum atomic E-state index is 0. The molecule has 1 aliphatic rings. The number of guanidine groups is 1. The third-order valence-electron chi connectivity index (χ3n) is 5.77. The summed E-state index contributed by atoms with van der Waals surface area (Å²) in [4.78, 5) is 17.1. The maximum absolute atomic E-state index is 4.53. The van der Waals surface area contributed by atoms with Crippen molar-refractivity contribution in [2.24, 2.45) is 4.99 Å². The normalized spacial score (nSPS) is 17.4. The molecule has 0 amide bonds. The van der Waals surface area contributed by atoms with Crippen LogP contribution in [0.1, 0.15) is 44.9 Å². The molecule has 6 nitrogen and oxygen atoms in total. The molecular weight excluding hydrogens is 487 g/mol. The molecule has 1 unspecified atom stereocenters. The van der Waals surface area contributed by atoms with Crippen LogP contribution in [0.2, 0.25) is 0 Å². The topological polar surface area (TPSA) is 59.6 Å². The quantitative estimate of drug-likeness (QED) is 0.233. The lowest BCUT2D eigenvalue weighted by Gasteiger charge is -2.33. The Morgan fingerprint density at radius 1 is 1.27 bits per heavy atom. The van der Waals surface area contributed by atoms with Crippen molar-refractivity contribution >= 4 is 29.9 Å². The first-order valence-corrected chi connectivity index (χ1v) is 10.9. The van der Waals surface area contributed by atoms with Crippen LogP contribution in [0.15, 0.2) is 41.5 Å². The Kier molecular flexibility index (Phi) is 10.6. The molecule has 166 valence electrons. The molecule has 0 spiro atoms. The zero-order valence-electron chi connectivity index (χ0n) is 18.6. The van der Waals surface area contributed by atoms with E-state index in [1.807, 2.05) is 31.4 Å². The molecule has 1 aromatic heterocycles. The highest BCUT2D eigenvalue weighted by Gasteiger charge is 2.17. The highest BCUT2D eigenvalue weighted by molar-refractivity contribution is 14.0. The largest absolute Gasteiger partial charge is 0.356 e. The Morgan fingerprint density at radius 2 is 2.07 bits per heavy atom. The molecule has 0 bridgehead atoms. The van der Waals surface area contributed by atoms with Gasteiger partial charge >= 0.3 is 0 Å². The molecule has 2 aromatic rings. The van der Waals surface area contributed by atoms with Crippen molar-refractivity contribution in [2.75, 3.05) is 33.7 Å². The molecule has 1 aromatic carbocycles. The van der Waals surface area contributed by atoms with E-state index < -0.39 is 0 Å². The van der Waals surface area contributed by atoms with Crippen molar-refractivity contribution in [3.63, 3.8) is 0 Å². The van der Waals surface area contributed by atoms with E-state index in [1.54, 1.807) is 0 Å². The smallest absolute Gasteiger partial charge is 0.193 e. The molecular formula is C23H37IN6. The number of H-pyrrole nitrogens is 1. The van der Waals surface area contributed by atoms with Gasteiger partial charge in [0.2, 0.25) is 0 Å². The van der Waals surface area contributed by atoms with Gasteiger partial charge in [0.15, 0.2) is 5.96 Å². The number of aromatic amines is 1. The average molecular weight is 524 g/mol. The fraction of sp³-hybridized carbons (Fsp3) is 0.565. The van der Waals surface area contributed by atoms with Crippen molar-refractivity contribution in [1.82, 2.24) is 25.1 Å². The van der Waals surface area contributed by atoms with Gasteiger partial charge in [-0.2, -0.15) is 0 Å². The Labute approximate surface area is 198 Å². The van der Waals surface area contributed by atoms with Crippen LogP contribution in [-0.2, 0) is 6.54 Å². The Morgan fingerprint density at radius 3 is 2.80 bits per heavy atom. The predicted octanol–water partition coefficient (Wildman–Crippen LogP) is 4.36. The van der Waals surface area contributed by atoms with Gasteiger partial charge in [0, 0.05) is 26.7 Å². The number of likely N-dealkylation sites (tertiary alicyclic amines) is 1. The lowest BCUT2D eigenvalue weighted by molar-refractivity contribution is 0.158. The van der Waals surface area contributed by atoms with Gasteiger partial charge in [-0.05, 0) is 51.3 Å². The second-order valence-electron chi connectivity index (χ2n) is 8.03. The highest BCUT2D eigenvalue weighted by atomic mass is 127. The van der Waals surface area contributed by atoms with Crippen LogP contribution >= 0.6 is 24.0 Å². The minimum absolute atomic E-state index is 0. The van der Waals surface area contributed by atoms with E-state index in [2.05, 4.69) is 56.2 Å². The summed E-state index contributed by atoms with van der Waals surface area (Å²) >= 11 is 0. The lowest BCUT2D eigenvalue weighted by Crippen LogP contribution is -2.40. The van der Waals surface area contributed by atoms with Crippen LogP contribution in [0.25, 0.3) is 11.3 Å². The SMILES string of the molecule is CN=C(NCCCCN1CCCCC1C)N(C)Cc1ncc(-c2ccccc2)[nH]1.I. The van der Waals surface area contributed by atoms with E-state index in [0.717, 1.165) is 42.0 Å². The minimum Gasteiger partial charge on any atom is -0.356 e.